The first-order valence-electron chi connectivity index (χ1n) is 6.09. The highest BCUT2D eigenvalue weighted by molar-refractivity contribution is 7.90. The number of fused-ring (bicyclic) bond motifs is 1. The van der Waals surface area contributed by atoms with Gasteiger partial charge in [-0.2, -0.15) is 0 Å². The molecule has 0 radical (unpaired) electrons. The van der Waals surface area contributed by atoms with Gasteiger partial charge in [0.1, 0.15) is 0 Å². The second-order valence-corrected chi connectivity index (χ2v) is 6.14. The highest BCUT2D eigenvalue weighted by Gasteiger charge is 2.22. The highest BCUT2D eigenvalue weighted by atomic mass is 35.5. The van der Waals surface area contributed by atoms with Crippen molar-refractivity contribution in [2.24, 2.45) is 5.73 Å². The van der Waals surface area contributed by atoms with Gasteiger partial charge in [-0.1, -0.05) is 18.2 Å². The Bertz CT molecular complexity index is 860. The maximum atomic E-state index is 12.8. The average Bonchev–Trinajstić information content (AvgIpc) is 2.87. The summed E-state index contributed by atoms with van der Waals surface area (Å²) in [5, 5.41) is 0.757. The highest BCUT2D eigenvalue weighted by Crippen LogP contribution is 2.24. The average molecular weight is 324 g/mol. The Labute approximate surface area is 128 Å². The summed E-state index contributed by atoms with van der Waals surface area (Å²) in [6.45, 7) is 0.140. The van der Waals surface area contributed by atoms with Gasteiger partial charge in [0.25, 0.3) is 10.0 Å². The molecule has 2 N–H and O–H groups in total. The quantitative estimate of drug-likeness (QED) is 0.801. The summed E-state index contributed by atoms with van der Waals surface area (Å²) in [5.74, 6) is 0. The van der Waals surface area contributed by atoms with Gasteiger partial charge < -0.3 is 5.73 Å². The Morgan fingerprint density at radius 1 is 1.14 bits per heavy atom. The third-order valence-electron chi connectivity index (χ3n) is 3.12. The Morgan fingerprint density at radius 3 is 2.52 bits per heavy atom. The molecule has 0 saturated carbocycles. The van der Waals surface area contributed by atoms with Crippen LogP contribution in [-0.4, -0.2) is 17.4 Å². The minimum Gasteiger partial charge on any atom is -0.325 e. The van der Waals surface area contributed by atoms with E-state index in [4.69, 9.17) is 5.73 Å². The van der Waals surface area contributed by atoms with E-state index < -0.39 is 10.0 Å². The zero-order valence-corrected chi connectivity index (χ0v) is 12.6. The third-order valence-corrected chi connectivity index (χ3v) is 4.90. The molecule has 0 fully saturated rings. The van der Waals surface area contributed by atoms with Gasteiger partial charge in [-0.05, 0) is 24.3 Å². The Hall–Kier alpha value is -1.89. The number of nitrogens with two attached hydrogens (primary N) is 1. The molecule has 0 aliphatic heterocycles. The van der Waals surface area contributed by atoms with Crippen LogP contribution in [-0.2, 0) is 16.6 Å². The van der Waals surface area contributed by atoms with Crippen LogP contribution in [0.3, 0.4) is 0 Å². The van der Waals surface area contributed by atoms with Crippen LogP contribution in [0.15, 0.2) is 59.8 Å². The molecule has 0 spiro atoms. The van der Waals surface area contributed by atoms with Gasteiger partial charge in [0, 0.05) is 30.0 Å². The van der Waals surface area contributed by atoms with E-state index in [-0.39, 0.29) is 23.8 Å². The van der Waals surface area contributed by atoms with E-state index in [0.29, 0.717) is 11.2 Å². The number of rotatable bonds is 3. The fourth-order valence-corrected chi connectivity index (χ4v) is 3.78. The molecule has 2 heterocycles. The zero-order chi connectivity index (χ0) is 14.2. The van der Waals surface area contributed by atoms with Crippen LogP contribution in [0, 0.1) is 0 Å². The molecule has 0 atom stereocenters. The summed E-state index contributed by atoms with van der Waals surface area (Å²) >= 11 is 0. The van der Waals surface area contributed by atoms with Crippen LogP contribution < -0.4 is 5.73 Å². The molecule has 0 unspecified atom stereocenters. The molecule has 5 nitrogen and oxygen atoms in total. The van der Waals surface area contributed by atoms with Crippen molar-refractivity contribution in [3.8, 4) is 0 Å². The lowest BCUT2D eigenvalue weighted by molar-refractivity contribution is 0.587. The van der Waals surface area contributed by atoms with Crippen molar-refractivity contribution in [3.63, 3.8) is 0 Å². The van der Waals surface area contributed by atoms with Gasteiger partial charge in [0.15, 0.2) is 0 Å². The number of hydrogen-bond acceptors (Lipinski definition) is 4. The smallest absolute Gasteiger partial charge is 0.268 e. The molecular formula is C14H14ClN3O2S. The van der Waals surface area contributed by atoms with Gasteiger partial charge in [-0.25, -0.2) is 12.4 Å². The van der Waals surface area contributed by atoms with E-state index in [0.717, 1.165) is 5.39 Å². The molecule has 110 valence electrons. The standard InChI is InChI=1S/C14H13N3O2S.ClH/c15-9-12-8-11-10-16-7-6-14(11)17(12)20(18,19)13-4-2-1-3-5-13;/h1-8,10H,9,15H2;1H. The fourth-order valence-electron chi connectivity index (χ4n) is 2.21. The molecule has 0 aliphatic carbocycles. The fraction of sp³-hybridized carbons (Fsp3) is 0.0714. The third kappa shape index (κ3) is 2.53. The summed E-state index contributed by atoms with van der Waals surface area (Å²) in [4.78, 5) is 4.25. The largest absolute Gasteiger partial charge is 0.325 e. The Kier molecular flexibility index (Phi) is 4.32. The first-order valence-corrected chi connectivity index (χ1v) is 7.53. The van der Waals surface area contributed by atoms with Crippen LogP contribution >= 0.6 is 12.4 Å². The minimum absolute atomic E-state index is 0. The molecule has 3 aromatic rings. The zero-order valence-electron chi connectivity index (χ0n) is 11.0. The van der Waals surface area contributed by atoms with Crippen molar-refractivity contribution in [2.45, 2.75) is 11.4 Å². The topological polar surface area (TPSA) is 78.0 Å². The van der Waals surface area contributed by atoms with E-state index in [2.05, 4.69) is 4.98 Å². The first-order chi connectivity index (χ1) is 9.64. The second kappa shape index (κ2) is 5.85. The van der Waals surface area contributed by atoms with E-state index in [1.165, 1.54) is 3.97 Å². The predicted molar refractivity (Wildman–Crippen MR) is 83.9 cm³/mol. The van der Waals surface area contributed by atoms with Gasteiger partial charge in [0.2, 0.25) is 0 Å². The van der Waals surface area contributed by atoms with Crippen LogP contribution in [0.25, 0.3) is 10.9 Å². The number of nitrogens with zero attached hydrogens (tertiary/aromatic N) is 2. The van der Waals surface area contributed by atoms with Crippen molar-refractivity contribution in [1.29, 1.82) is 0 Å². The molecule has 0 bridgehead atoms. The van der Waals surface area contributed by atoms with E-state index >= 15 is 0 Å². The van der Waals surface area contributed by atoms with Gasteiger partial charge >= 0.3 is 0 Å². The number of aromatic nitrogens is 2. The monoisotopic (exact) mass is 323 g/mol. The maximum absolute atomic E-state index is 12.8. The van der Waals surface area contributed by atoms with E-state index in [1.54, 1.807) is 54.9 Å². The lowest BCUT2D eigenvalue weighted by atomic mass is 10.3. The van der Waals surface area contributed by atoms with Gasteiger partial charge in [0.05, 0.1) is 10.4 Å². The number of pyridine rings is 1. The normalized spacial score (nSPS) is 11.3. The van der Waals surface area contributed by atoms with Crippen molar-refractivity contribution in [1.82, 2.24) is 8.96 Å². The van der Waals surface area contributed by atoms with Crippen molar-refractivity contribution < 1.29 is 8.42 Å². The number of halogens is 1. The van der Waals surface area contributed by atoms with Crippen molar-refractivity contribution in [2.75, 3.05) is 0 Å². The summed E-state index contributed by atoms with van der Waals surface area (Å²) in [6, 6.07) is 11.7. The van der Waals surface area contributed by atoms with Crippen LogP contribution in [0.4, 0.5) is 0 Å². The lowest BCUT2D eigenvalue weighted by Crippen LogP contribution is -2.17. The van der Waals surface area contributed by atoms with Crippen molar-refractivity contribution in [3.05, 3.63) is 60.6 Å². The van der Waals surface area contributed by atoms with E-state index in [9.17, 15) is 8.42 Å². The molecule has 21 heavy (non-hydrogen) atoms. The molecule has 3 rings (SSSR count). The van der Waals surface area contributed by atoms with Gasteiger partial charge in [-0.15, -0.1) is 12.4 Å². The van der Waals surface area contributed by atoms with Crippen LogP contribution in [0.5, 0.6) is 0 Å². The first kappa shape index (κ1) is 15.5. The Balaban J connectivity index is 0.00000161. The van der Waals surface area contributed by atoms with Crippen molar-refractivity contribution >= 4 is 33.3 Å². The number of hydrogen-bond donors (Lipinski definition) is 1. The van der Waals surface area contributed by atoms with Crippen LogP contribution in [0.2, 0.25) is 0 Å². The second-order valence-electron chi connectivity index (χ2n) is 4.36. The lowest BCUT2D eigenvalue weighted by Gasteiger charge is -2.10. The molecule has 0 amide bonds. The summed E-state index contributed by atoms with van der Waals surface area (Å²) < 4.78 is 26.8. The SMILES string of the molecule is Cl.NCc1cc2cnccc2n1S(=O)(=O)c1ccccc1. The summed E-state index contributed by atoms with van der Waals surface area (Å²) in [6.07, 6.45) is 3.20. The minimum atomic E-state index is -3.66. The molecular weight excluding hydrogens is 310 g/mol. The molecule has 1 aromatic carbocycles. The summed E-state index contributed by atoms with van der Waals surface area (Å²) in [7, 11) is -3.66. The molecule has 0 saturated heterocycles. The van der Waals surface area contributed by atoms with Gasteiger partial charge in [-0.3, -0.25) is 4.98 Å². The van der Waals surface area contributed by atoms with E-state index in [1.807, 2.05) is 0 Å². The van der Waals surface area contributed by atoms with Crippen LogP contribution in [0.1, 0.15) is 5.69 Å². The molecule has 2 aromatic heterocycles. The molecule has 7 heteroatoms. The predicted octanol–water partition coefficient (Wildman–Crippen LogP) is 2.15. The Morgan fingerprint density at radius 2 is 1.86 bits per heavy atom. The number of benzene rings is 1. The molecule has 0 aliphatic rings. The summed E-state index contributed by atoms with van der Waals surface area (Å²) in [5.41, 5.74) is 6.81. The maximum Gasteiger partial charge on any atom is 0.268 e.